The molecule has 0 aliphatic heterocycles. The summed E-state index contributed by atoms with van der Waals surface area (Å²) >= 11 is 0. The number of hydrogen-bond acceptors (Lipinski definition) is 2. The first-order valence-electron chi connectivity index (χ1n) is 4.27. The zero-order valence-electron chi connectivity index (χ0n) is 8.13. The number of aryl methyl sites for hydroxylation is 2. The Labute approximate surface area is 83.6 Å². The van der Waals surface area contributed by atoms with E-state index in [9.17, 15) is 13.2 Å². The monoisotopic (exact) mass is 215 g/mol. The highest BCUT2D eigenvalue weighted by Crippen LogP contribution is 2.29. The van der Waals surface area contributed by atoms with Crippen LogP contribution < -0.4 is 0 Å². The van der Waals surface area contributed by atoms with Crippen molar-refractivity contribution in [1.29, 1.82) is 0 Å². The number of aromatic nitrogens is 3. The number of halogens is 3. The van der Waals surface area contributed by atoms with Crippen LogP contribution in [0.1, 0.15) is 11.5 Å². The Kier molecular flexibility index (Phi) is 1.95. The predicted molar refractivity (Wildman–Crippen MR) is 48.2 cm³/mol. The van der Waals surface area contributed by atoms with Gasteiger partial charge in [0.2, 0.25) is 5.82 Å². The van der Waals surface area contributed by atoms with Gasteiger partial charge in [-0.25, -0.2) is 9.97 Å². The van der Waals surface area contributed by atoms with Gasteiger partial charge in [-0.1, -0.05) is 0 Å². The molecule has 0 N–H and O–H groups in total. The van der Waals surface area contributed by atoms with Gasteiger partial charge >= 0.3 is 6.18 Å². The number of pyridine rings is 1. The van der Waals surface area contributed by atoms with E-state index in [-0.39, 0.29) is 11.2 Å². The molecule has 2 heterocycles. The number of alkyl halides is 3. The Bertz CT molecular complexity index is 513. The molecule has 80 valence electrons. The second-order valence-electron chi connectivity index (χ2n) is 3.29. The van der Waals surface area contributed by atoms with Crippen LogP contribution in [0, 0.1) is 6.92 Å². The maximum absolute atomic E-state index is 12.5. The fourth-order valence-corrected chi connectivity index (χ4v) is 1.41. The minimum absolute atomic E-state index is 0.252. The van der Waals surface area contributed by atoms with Gasteiger partial charge in [-0.05, 0) is 19.1 Å². The molecule has 0 aliphatic rings. The van der Waals surface area contributed by atoms with Crippen molar-refractivity contribution >= 4 is 11.2 Å². The van der Waals surface area contributed by atoms with Crippen LogP contribution in [0.25, 0.3) is 11.2 Å². The molecule has 2 rings (SSSR count). The molecule has 0 spiro atoms. The van der Waals surface area contributed by atoms with Gasteiger partial charge in [-0.2, -0.15) is 13.2 Å². The van der Waals surface area contributed by atoms with Crippen molar-refractivity contribution in [2.45, 2.75) is 13.1 Å². The molecule has 0 amide bonds. The van der Waals surface area contributed by atoms with Crippen molar-refractivity contribution in [2.24, 2.45) is 7.05 Å². The molecule has 0 fully saturated rings. The van der Waals surface area contributed by atoms with Crippen molar-refractivity contribution in [3.8, 4) is 0 Å². The Morgan fingerprint density at radius 1 is 1.20 bits per heavy atom. The third kappa shape index (κ3) is 1.55. The van der Waals surface area contributed by atoms with Gasteiger partial charge in [0.15, 0.2) is 5.65 Å². The molecule has 3 nitrogen and oxygen atoms in total. The maximum atomic E-state index is 12.5. The van der Waals surface area contributed by atoms with Crippen LogP contribution in [-0.4, -0.2) is 14.5 Å². The third-order valence-electron chi connectivity index (χ3n) is 2.11. The number of imidazole rings is 1. The van der Waals surface area contributed by atoms with Crippen LogP contribution in [0.4, 0.5) is 13.2 Å². The summed E-state index contributed by atoms with van der Waals surface area (Å²) in [6.07, 6.45) is -4.44. The van der Waals surface area contributed by atoms with Crippen molar-refractivity contribution in [3.05, 3.63) is 23.7 Å². The zero-order chi connectivity index (χ0) is 11.2. The van der Waals surface area contributed by atoms with Crippen molar-refractivity contribution in [1.82, 2.24) is 14.5 Å². The Hall–Kier alpha value is -1.59. The molecule has 15 heavy (non-hydrogen) atoms. The molecule has 0 saturated heterocycles. The van der Waals surface area contributed by atoms with E-state index in [2.05, 4.69) is 9.97 Å². The average molecular weight is 215 g/mol. The molecular formula is C9H8F3N3. The molecule has 0 radical (unpaired) electrons. The summed E-state index contributed by atoms with van der Waals surface area (Å²) in [5.74, 6) is -0.921. The number of fused-ring (bicyclic) bond motifs is 1. The number of rotatable bonds is 0. The van der Waals surface area contributed by atoms with Gasteiger partial charge in [0.25, 0.3) is 0 Å². The lowest BCUT2D eigenvalue weighted by atomic mass is 10.3. The molecule has 2 aromatic heterocycles. The van der Waals surface area contributed by atoms with E-state index in [4.69, 9.17) is 0 Å². The fraction of sp³-hybridized carbons (Fsp3) is 0.333. The molecule has 0 aliphatic carbocycles. The zero-order valence-corrected chi connectivity index (χ0v) is 8.13. The lowest BCUT2D eigenvalue weighted by molar-refractivity contribution is -0.146. The first kappa shape index (κ1) is 9.95. The smallest absolute Gasteiger partial charge is 0.308 e. The number of nitrogens with zero attached hydrogens (tertiary/aromatic N) is 3. The summed E-state index contributed by atoms with van der Waals surface area (Å²) in [5.41, 5.74) is 1.18. The van der Waals surface area contributed by atoms with Crippen LogP contribution in [0.2, 0.25) is 0 Å². The molecular weight excluding hydrogens is 207 g/mol. The van der Waals surface area contributed by atoms with Crippen LogP contribution in [0.5, 0.6) is 0 Å². The fourth-order valence-electron chi connectivity index (χ4n) is 1.41. The molecule has 0 aromatic carbocycles. The third-order valence-corrected chi connectivity index (χ3v) is 2.11. The summed E-state index contributed by atoms with van der Waals surface area (Å²) in [6, 6.07) is 3.17. The number of hydrogen-bond donors (Lipinski definition) is 0. The molecule has 0 unspecified atom stereocenters. The topological polar surface area (TPSA) is 30.7 Å². The quantitative estimate of drug-likeness (QED) is 0.675. The van der Waals surface area contributed by atoms with Gasteiger partial charge in [0.1, 0.15) is 5.52 Å². The van der Waals surface area contributed by atoms with Gasteiger partial charge in [0, 0.05) is 12.7 Å². The van der Waals surface area contributed by atoms with Gasteiger partial charge in [-0.15, -0.1) is 0 Å². The molecule has 0 saturated carbocycles. The molecule has 6 heteroatoms. The summed E-state index contributed by atoms with van der Waals surface area (Å²) < 4.78 is 38.4. The second-order valence-corrected chi connectivity index (χ2v) is 3.29. The van der Waals surface area contributed by atoms with E-state index >= 15 is 0 Å². The average Bonchev–Trinajstić information content (AvgIpc) is 2.43. The highest BCUT2D eigenvalue weighted by atomic mass is 19.4. The lowest BCUT2D eigenvalue weighted by Crippen LogP contribution is -2.12. The summed E-state index contributed by atoms with van der Waals surface area (Å²) in [6.45, 7) is 1.72. The minimum Gasteiger partial charge on any atom is -0.308 e. The maximum Gasteiger partial charge on any atom is 0.449 e. The normalized spacial score (nSPS) is 12.3. The van der Waals surface area contributed by atoms with E-state index in [1.807, 2.05) is 0 Å². The SMILES string of the molecule is Cc1ccc2nc(C(F)(F)F)n(C)c2n1. The standard InChI is InChI=1S/C9H8F3N3/c1-5-3-4-6-7(13-5)15(2)8(14-6)9(10,11)12/h3-4H,1-2H3. The molecule has 0 bridgehead atoms. The van der Waals surface area contributed by atoms with Crippen molar-refractivity contribution in [3.63, 3.8) is 0 Å². The van der Waals surface area contributed by atoms with Gasteiger partial charge in [-0.3, -0.25) is 0 Å². The summed E-state index contributed by atoms with van der Waals surface area (Å²) in [7, 11) is 1.31. The first-order valence-corrected chi connectivity index (χ1v) is 4.27. The van der Waals surface area contributed by atoms with Gasteiger partial charge in [0.05, 0.1) is 0 Å². The summed E-state index contributed by atoms with van der Waals surface area (Å²) in [4.78, 5) is 7.51. The Morgan fingerprint density at radius 2 is 1.87 bits per heavy atom. The van der Waals surface area contributed by atoms with E-state index in [0.29, 0.717) is 5.69 Å². The van der Waals surface area contributed by atoms with Gasteiger partial charge < -0.3 is 4.57 Å². The predicted octanol–water partition coefficient (Wildman–Crippen LogP) is 2.30. The highest BCUT2D eigenvalue weighted by Gasteiger charge is 2.36. The van der Waals surface area contributed by atoms with E-state index in [1.54, 1.807) is 13.0 Å². The van der Waals surface area contributed by atoms with Crippen molar-refractivity contribution < 1.29 is 13.2 Å². The van der Waals surface area contributed by atoms with Crippen molar-refractivity contribution in [2.75, 3.05) is 0 Å². The minimum atomic E-state index is -4.44. The summed E-state index contributed by atoms with van der Waals surface area (Å²) in [5, 5.41) is 0. The van der Waals surface area contributed by atoms with Crippen LogP contribution in [-0.2, 0) is 13.2 Å². The highest BCUT2D eigenvalue weighted by molar-refractivity contribution is 5.71. The largest absolute Gasteiger partial charge is 0.449 e. The van der Waals surface area contributed by atoms with Crippen LogP contribution in [0.3, 0.4) is 0 Å². The Morgan fingerprint density at radius 3 is 2.47 bits per heavy atom. The van der Waals surface area contributed by atoms with Crippen LogP contribution in [0.15, 0.2) is 12.1 Å². The van der Waals surface area contributed by atoms with E-state index in [1.165, 1.54) is 13.1 Å². The van der Waals surface area contributed by atoms with Crippen LogP contribution >= 0.6 is 0 Å². The first-order chi connectivity index (χ1) is 6.89. The second kappa shape index (κ2) is 2.95. The molecule has 0 atom stereocenters. The van der Waals surface area contributed by atoms with E-state index < -0.39 is 12.0 Å². The Balaban J connectivity index is 2.76. The molecule has 2 aromatic rings. The van der Waals surface area contributed by atoms with E-state index in [0.717, 1.165) is 4.57 Å². The lowest BCUT2D eigenvalue weighted by Gasteiger charge is -2.04.